The van der Waals surface area contributed by atoms with Crippen LogP contribution in [-0.2, 0) is 0 Å². The monoisotopic (exact) mass is 433 g/mol. The molecule has 160 valence electrons. The molecule has 0 unspecified atom stereocenters. The maximum absolute atomic E-state index is 9.49. The van der Waals surface area contributed by atoms with E-state index in [2.05, 4.69) is 15.1 Å². The number of pyridine rings is 1. The molecule has 0 aliphatic rings. The summed E-state index contributed by atoms with van der Waals surface area (Å²) < 4.78 is 16.6. The van der Waals surface area contributed by atoms with Crippen LogP contribution in [0.25, 0.3) is 22.8 Å². The summed E-state index contributed by atoms with van der Waals surface area (Å²) in [4.78, 5) is 8.67. The minimum atomic E-state index is -0.930. The van der Waals surface area contributed by atoms with Gasteiger partial charge in [-0.15, -0.1) is 0 Å². The van der Waals surface area contributed by atoms with E-state index in [1.54, 1.807) is 12.3 Å². The highest BCUT2D eigenvalue weighted by Crippen LogP contribution is 2.32. The molecule has 3 aromatic rings. The maximum atomic E-state index is 9.49. The summed E-state index contributed by atoms with van der Waals surface area (Å²) in [5.74, 6) is 1.70. The molecule has 1 atom stereocenters. The van der Waals surface area contributed by atoms with E-state index < -0.39 is 6.10 Å². The molecule has 8 nitrogen and oxygen atoms in total. The van der Waals surface area contributed by atoms with Gasteiger partial charge in [-0.05, 0) is 57.0 Å². The first kappa shape index (κ1) is 22.0. The van der Waals surface area contributed by atoms with E-state index in [1.165, 1.54) is 0 Å². The first-order valence-electron chi connectivity index (χ1n) is 9.48. The Morgan fingerprint density at radius 2 is 1.83 bits per heavy atom. The number of halogens is 1. The number of hydrogen-bond donors (Lipinski definition) is 2. The molecule has 30 heavy (non-hydrogen) atoms. The average molecular weight is 434 g/mol. The van der Waals surface area contributed by atoms with E-state index in [0.717, 1.165) is 16.7 Å². The number of aryl methyl sites for hydroxylation is 2. The van der Waals surface area contributed by atoms with Gasteiger partial charge in [0.25, 0.3) is 5.89 Å². The van der Waals surface area contributed by atoms with Crippen molar-refractivity contribution in [3.8, 4) is 34.5 Å². The number of hydrogen-bond acceptors (Lipinski definition) is 8. The van der Waals surface area contributed by atoms with Gasteiger partial charge in [0.1, 0.15) is 23.5 Å². The van der Waals surface area contributed by atoms with Gasteiger partial charge in [-0.1, -0.05) is 16.8 Å². The molecule has 2 heterocycles. The Labute approximate surface area is 179 Å². The zero-order chi connectivity index (χ0) is 21.8. The number of benzene rings is 1. The Morgan fingerprint density at radius 3 is 2.43 bits per heavy atom. The van der Waals surface area contributed by atoms with Gasteiger partial charge >= 0.3 is 0 Å². The fraction of sp³-hybridized carbons (Fsp3) is 0.381. The largest absolute Gasteiger partial charge is 0.490 e. The molecule has 0 saturated heterocycles. The summed E-state index contributed by atoms with van der Waals surface area (Å²) in [5, 5.41) is 22.8. The van der Waals surface area contributed by atoms with Gasteiger partial charge in [0.15, 0.2) is 0 Å². The Morgan fingerprint density at radius 1 is 1.13 bits per heavy atom. The molecule has 0 amide bonds. The molecule has 0 fully saturated rings. The van der Waals surface area contributed by atoms with Gasteiger partial charge in [0, 0.05) is 11.8 Å². The molecule has 0 aliphatic heterocycles. The van der Waals surface area contributed by atoms with Crippen LogP contribution in [0, 0.1) is 13.8 Å². The summed E-state index contributed by atoms with van der Waals surface area (Å²) in [7, 11) is 0. The van der Waals surface area contributed by atoms with Crippen LogP contribution in [0.5, 0.6) is 11.6 Å². The lowest BCUT2D eigenvalue weighted by Gasteiger charge is -2.15. The summed E-state index contributed by atoms with van der Waals surface area (Å²) in [5.41, 5.74) is 3.04. The Balaban J connectivity index is 1.83. The molecule has 1 aromatic carbocycles. The standard InChI is InChI=1S/C21H24ClN3O5/c1-11(2)29-21-17(22)7-15(8-23-21)20-24-19(25-30-20)14-5-12(3)18(13(4)6-14)28-10-16(27)9-26/h5-8,11,16,26-27H,9-10H2,1-4H3/t16-/m0/s1. The highest BCUT2D eigenvalue weighted by atomic mass is 35.5. The first-order valence-corrected chi connectivity index (χ1v) is 9.86. The van der Waals surface area contributed by atoms with Crippen molar-refractivity contribution in [2.75, 3.05) is 13.2 Å². The predicted molar refractivity (Wildman–Crippen MR) is 112 cm³/mol. The quantitative estimate of drug-likeness (QED) is 0.554. The predicted octanol–water partition coefficient (Wildman–Crippen LogP) is 3.59. The molecule has 2 aromatic heterocycles. The van der Waals surface area contributed by atoms with Gasteiger partial charge in [-0.2, -0.15) is 4.98 Å². The van der Waals surface area contributed by atoms with Crippen molar-refractivity contribution in [1.82, 2.24) is 15.1 Å². The molecule has 0 spiro atoms. The second kappa shape index (κ2) is 9.42. The third-order valence-electron chi connectivity index (χ3n) is 4.18. The fourth-order valence-electron chi connectivity index (χ4n) is 2.85. The number of aliphatic hydroxyl groups is 2. The normalized spacial score (nSPS) is 12.3. The number of rotatable bonds is 8. The van der Waals surface area contributed by atoms with Crippen LogP contribution in [0.3, 0.4) is 0 Å². The topological polar surface area (TPSA) is 111 Å². The first-order chi connectivity index (χ1) is 14.3. The summed E-state index contributed by atoms with van der Waals surface area (Å²) >= 11 is 6.24. The molecule has 0 saturated carbocycles. The van der Waals surface area contributed by atoms with Gasteiger partial charge < -0.3 is 24.2 Å². The van der Waals surface area contributed by atoms with E-state index in [4.69, 9.17) is 30.7 Å². The Bertz CT molecular complexity index is 999. The van der Waals surface area contributed by atoms with Gasteiger partial charge in [0.05, 0.1) is 18.3 Å². The fourth-order valence-corrected chi connectivity index (χ4v) is 3.06. The lowest BCUT2D eigenvalue weighted by atomic mass is 10.1. The van der Waals surface area contributed by atoms with Gasteiger partial charge in [-0.25, -0.2) is 4.98 Å². The number of nitrogens with zero attached hydrogens (tertiary/aromatic N) is 3. The zero-order valence-electron chi connectivity index (χ0n) is 17.2. The molecular formula is C21H24ClN3O5. The van der Waals surface area contributed by atoms with Crippen molar-refractivity contribution in [3.05, 3.63) is 40.5 Å². The van der Waals surface area contributed by atoms with Gasteiger partial charge in [-0.3, -0.25) is 0 Å². The summed E-state index contributed by atoms with van der Waals surface area (Å²) in [6.45, 7) is 7.21. The summed E-state index contributed by atoms with van der Waals surface area (Å²) in [6.07, 6.45) is 0.600. The van der Waals surface area contributed by atoms with Crippen LogP contribution in [0.15, 0.2) is 28.9 Å². The second-order valence-electron chi connectivity index (χ2n) is 7.19. The highest BCUT2D eigenvalue weighted by Gasteiger charge is 2.16. The van der Waals surface area contributed by atoms with E-state index in [0.29, 0.717) is 28.0 Å². The van der Waals surface area contributed by atoms with Crippen molar-refractivity contribution in [3.63, 3.8) is 0 Å². The maximum Gasteiger partial charge on any atom is 0.259 e. The Hall–Kier alpha value is -2.68. The Kier molecular flexibility index (Phi) is 6.91. The minimum absolute atomic E-state index is 0.00810. The van der Waals surface area contributed by atoms with Crippen LogP contribution in [0.4, 0.5) is 0 Å². The minimum Gasteiger partial charge on any atom is -0.490 e. The smallest absolute Gasteiger partial charge is 0.259 e. The lowest BCUT2D eigenvalue weighted by molar-refractivity contribution is 0.0532. The number of aliphatic hydroxyl groups excluding tert-OH is 2. The van der Waals surface area contributed by atoms with Crippen LogP contribution >= 0.6 is 11.6 Å². The molecular weight excluding hydrogens is 410 g/mol. The van der Waals surface area contributed by atoms with Crippen LogP contribution in [0.1, 0.15) is 25.0 Å². The van der Waals surface area contributed by atoms with Crippen LogP contribution < -0.4 is 9.47 Å². The molecule has 3 rings (SSSR count). The second-order valence-corrected chi connectivity index (χ2v) is 7.59. The van der Waals surface area contributed by atoms with E-state index >= 15 is 0 Å². The van der Waals surface area contributed by atoms with Crippen LogP contribution in [0.2, 0.25) is 5.02 Å². The van der Waals surface area contributed by atoms with Crippen molar-refractivity contribution in [2.45, 2.75) is 39.9 Å². The third-order valence-corrected chi connectivity index (χ3v) is 4.45. The molecule has 0 radical (unpaired) electrons. The van der Waals surface area contributed by atoms with Gasteiger partial charge in [0.2, 0.25) is 11.7 Å². The van der Waals surface area contributed by atoms with E-state index in [-0.39, 0.29) is 25.2 Å². The average Bonchev–Trinajstić information content (AvgIpc) is 3.18. The van der Waals surface area contributed by atoms with Crippen molar-refractivity contribution in [1.29, 1.82) is 0 Å². The number of aromatic nitrogens is 3. The zero-order valence-corrected chi connectivity index (χ0v) is 18.0. The molecule has 0 aliphatic carbocycles. The van der Waals surface area contributed by atoms with Crippen molar-refractivity contribution in [2.24, 2.45) is 0 Å². The van der Waals surface area contributed by atoms with Crippen LogP contribution in [-0.4, -0.2) is 50.8 Å². The van der Waals surface area contributed by atoms with E-state index in [1.807, 2.05) is 39.8 Å². The van der Waals surface area contributed by atoms with Crippen molar-refractivity contribution < 1.29 is 24.2 Å². The highest BCUT2D eigenvalue weighted by molar-refractivity contribution is 6.32. The molecule has 9 heteroatoms. The SMILES string of the molecule is Cc1cc(-c2noc(-c3cnc(OC(C)C)c(Cl)c3)n2)cc(C)c1OC[C@@H](O)CO. The van der Waals surface area contributed by atoms with E-state index in [9.17, 15) is 5.11 Å². The lowest BCUT2D eigenvalue weighted by Crippen LogP contribution is -2.21. The van der Waals surface area contributed by atoms with Crippen molar-refractivity contribution >= 4 is 11.6 Å². The molecule has 2 N–H and O–H groups in total. The summed E-state index contributed by atoms with van der Waals surface area (Å²) in [6, 6.07) is 5.41. The number of ether oxygens (including phenoxy) is 2. The third kappa shape index (κ3) is 5.08. The molecule has 0 bridgehead atoms.